The minimum Gasteiger partial charge on any atom is -0.481 e. The fourth-order valence-corrected chi connectivity index (χ4v) is 4.68. The Kier molecular flexibility index (Phi) is 2.39. The standard InChI is InChI=1S/C15H22O2/c1-15(2,14(16)17)8-10-6-9-7-13(10)12-5-3-4-11(9)12/h3-4,9-13H,5-8H2,1-2H3,(H,16,17). The van der Waals surface area contributed by atoms with Crippen molar-refractivity contribution < 1.29 is 9.90 Å². The van der Waals surface area contributed by atoms with E-state index in [9.17, 15) is 9.90 Å². The first-order chi connectivity index (χ1) is 7.99. The zero-order chi connectivity index (χ0) is 12.2. The van der Waals surface area contributed by atoms with Crippen molar-refractivity contribution in [1.82, 2.24) is 0 Å². The zero-order valence-electron chi connectivity index (χ0n) is 10.7. The molecule has 2 bridgehead atoms. The Morgan fingerprint density at radius 1 is 1.35 bits per heavy atom. The summed E-state index contributed by atoms with van der Waals surface area (Å²) in [6.45, 7) is 3.76. The molecule has 0 aromatic carbocycles. The lowest BCUT2D eigenvalue weighted by Gasteiger charge is -2.34. The number of allylic oxidation sites excluding steroid dienone is 2. The summed E-state index contributed by atoms with van der Waals surface area (Å²) in [5.74, 6) is 3.37. The molecule has 2 fully saturated rings. The monoisotopic (exact) mass is 234 g/mol. The van der Waals surface area contributed by atoms with Crippen LogP contribution in [0, 0.1) is 35.0 Å². The van der Waals surface area contributed by atoms with Crippen LogP contribution in [0.2, 0.25) is 0 Å². The number of hydrogen-bond acceptors (Lipinski definition) is 1. The van der Waals surface area contributed by atoms with Crippen molar-refractivity contribution >= 4 is 5.97 Å². The Bertz CT molecular complexity index is 369. The number of aliphatic carboxylic acids is 1. The van der Waals surface area contributed by atoms with Crippen LogP contribution in [-0.4, -0.2) is 11.1 Å². The highest BCUT2D eigenvalue weighted by atomic mass is 16.4. The Hall–Kier alpha value is -0.790. The van der Waals surface area contributed by atoms with E-state index in [4.69, 9.17) is 0 Å². The lowest BCUT2D eigenvalue weighted by Crippen LogP contribution is -2.32. The SMILES string of the molecule is CC(C)(CC1CC2CC1C1CC=CC21)C(=O)O. The average Bonchev–Trinajstić information content (AvgIpc) is 2.84. The van der Waals surface area contributed by atoms with Crippen molar-refractivity contribution in [1.29, 1.82) is 0 Å². The predicted octanol–water partition coefficient (Wildman–Crippen LogP) is 3.34. The van der Waals surface area contributed by atoms with Crippen LogP contribution < -0.4 is 0 Å². The van der Waals surface area contributed by atoms with Crippen LogP contribution in [0.1, 0.15) is 39.5 Å². The molecule has 5 atom stereocenters. The van der Waals surface area contributed by atoms with Crippen LogP contribution in [0.5, 0.6) is 0 Å². The quantitative estimate of drug-likeness (QED) is 0.760. The topological polar surface area (TPSA) is 37.3 Å². The molecule has 2 nitrogen and oxygen atoms in total. The first-order valence-electron chi connectivity index (χ1n) is 6.89. The Labute approximate surface area is 103 Å². The first-order valence-corrected chi connectivity index (χ1v) is 6.89. The summed E-state index contributed by atoms with van der Waals surface area (Å²) in [5, 5.41) is 9.25. The minimum atomic E-state index is -0.638. The largest absolute Gasteiger partial charge is 0.481 e. The Morgan fingerprint density at radius 2 is 2.12 bits per heavy atom. The van der Waals surface area contributed by atoms with Gasteiger partial charge < -0.3 is 5.11 Å². The average molecular weight is 234 g/mol. The van der Waals surface area contributed by atoms with Crippen LogP contribution >= 0.6 is 0 Å². The van der Waals surface area contributed by atoms with Gasteiger partial charge in [-0.05, 0) is 69.1 Å². The third-order valence-electron chi connectivity index (χ3n) is 5.49. The lowest BCUT2D eigenvalue weighted by molar-refractivity contribution is -0.148. The molecule has 1 N–H and O–H groups in total. The van der Waals surface area contributed by atoms with Crippen LogP contribution in [0.3, 0.4) is 0 Å². The van der Waals surface area contributed by atoms with Gasteiger partial charge in [-0.1, -0.05) is 12.2 Å². The van der Waals surface area contributed by atoms with Crippen LogP contribution in [0.25, 0.3) is 0 Å². The molecule has 17 heavy (non-hydrogen) atoms. The van der Waals surface area contributed by atoms with Gasteiger partial charge in [0.05, 0.1) is 5.41 Å². The molecule has 3 aliphatic rings. The molecule has 0 amide bonds. The van der Waals surface area contributed by atoms with Gasteiger partial charge in [-0.2, -0.15) is 0 Å². The Morgan fingerprint density at radius 3 is 2.82 bits per heavy atom. The maximum atomic E-state index is 11.2. The number of carboxylic acids is 1. The normalized spacial score (nSPS) is 43.1. The third kappa shape index (κ3) is 1.64. The lowest BCUT2D eigenvalue weighted by atomic mass is 9.70. The Balaban J connectivity index is 1.71. The number of hydrogen-bond donors (Lipinski definition) is 1. The van der Waals surface area contributed by atoms with E-state index in [1.165, 1.54) is 19.3 Å². The number of fused-ring (bicyclic) bond motifs is 5. The van der Waals surface area contributed by atoms with Gasteiger partial charge in [0.15, 0.2) is 0 Å². The van der Waals surface area contributed by atoms with Gasteiger partial charge >= 0.3 is 5.97 Å². The van der Waals surface area contributed by atoms with E-state index < -0.39 is 11.4 Å². The highest BCUT2D eigenvalue weighted by Gasteiger charge is 2.53. The van der Waals surface area contributed by atoms with Crippen molar-refractivity contribution in [3.63, 3.8) is 0 Å². The second-order valence-corrected chi connectivity index (χ2v) is 6.95. The molecule has 2 saturated carbocycles. The molecule has 5 unspecified atom stereocenters. The van der Waals surface area contributed by atoms with Gasteiger partial charge in [0, 0.05) is 0 Å². The number of carboxylic acid groups (broad SMARTS) is 1. The summed E-state index contributed by atoms with van der Waals surface area (Å²) in [4.78, 5) is 11.2. The zero-order valence-corrected chi connectivity index (χ0v) is 10.7. The minimum absolute atomic E-state index is 0.545. The third-order valence-corrected chi connectivity index (χ3v) is 5.49. The van der Waals surface area contributed by atoms with Crippen molar-refractivity contribution in [2.75, 3.05) is 0 Å². The van der Waals surface area contributed by atoms with Crippen molar-refractivity contribution in [3.8, 4) is 0 Å². The van der Waals surface area contributed by atoms with E-state index in [0.717, 1.165) is 30.1 Å². The van der Waals surface area contributed by atoms with E-state index >= 15 is 0 Å². The summed E-state index contributed by atoms with van der Waals surface area (Å²) in [6, 6.07) is 0. The molecule has 0 aromatic rings. The van der Waals surface area contributed by atoms with Crippen LogP contribution in [-0.2, 0) is 4.79 Å². The van der Waals surface area contributed by atoms with Crippen molar-refractivity contribution in [2.24, 2.45) is 35.0 Å². The van der Waals surface area contributed by atoms with Crippen molar-refractivity contribution in [3.05, 3.63) is 12.2 Å². The van der Waals surface area contributed by atoms with E-state index in [1.54, 1.807) is 0 Å². The second-order valence-electron chi connectivity index (χ2n) is 6.95. The number of rotatable bonds is 3. The molecular formula is C15H22O2. The van der Waals surface area contributed by atoms with E-state index in [0.29, 0.717) is 5.92 Å². The van der Waals surface area contributed by atoms with Crippen molar-refractivity contribution in [2.45, 2.75) is 39.5 Å². The summed E-state index contributed by atoms with van der Waals surface area (Å²) in [5.41, 5.74) is -0.545. The predicted molar refractivity (Wildman–Crippen MR) is 66.5 cm³/mol. The molecule has 2 heteroatoms. The fourth-order valence-electron chi connectivity index (χ4n) is 4.68. The van der Waals surface area contributed by atoms with Gasteiger partial charge in [0.2, 0.25) is 0 Å². The summed E-state index contributed by atoms with van der Waals surface area (Å²) in [6.07, 6.45) is 9.52. The van der Waals surface area contributed by atoms with Crippen LogP contribution in [0.15, 0.2) is 12.2 Å². The molecule has 0 heterocycles. The second kappa shape index (κ2) is 3.60. The molecule has 0 radical (unpaired) electrons. The summed E-state index contributed by atoms with van der Waals surface area (Å²) >= 11 is 0. The van der Waals surface area contributed by atoms with Gasteiger partial charge in [0.25, 0.3) is 0 Å². The van der Waals surface area contributed by atoms with E-state index in [1.807, 2.05) is 13.8 Å². The highest BCUT2D eigenvalue weighted by Crippen LogP contribution is 2.60. The number of carbonyl (C=O) groups is 1. The molecule has 3 rings (SSSR count). The molecule has 0 spiro atoms. The molecule has 0 aromatic heterocycles. The molecular weight excluding hydrogens is 212 g/mol. The first kappa shape index (κ1) is 11.3. The highest BCUT2D eigenvalue weighted by molar-refractivity contribution is 5.73. The summed E-state index contributed by atoms with van der Waals surface area (Å²) in [7, 11) is 0. The fraction of sp³-hybridized carbons (Fsp3) is 0.800. The van der Waals surface area contributed by atoms with Gasteiger partial charge in [-0.25, -0.2) is 0 Å². The molecule has 0 aliphatic heterocycles. The maximum absolute atomic E-state index is 11.2. The van der Waals surface area contributed by atoms with Gasteiger partial charge in [-0.15, -0.1) is 0 Å². The van der Waals surface area contributed by atoms with E-state index in [2.05, 4.69) is 12.2 Å². The van der Waals surface area contributed by atoms with Gasteiger partial charge in [-0.3, -0.25) is 4.79 Å². The molecule has 94 valence electrons. The summed E-state index contributed by atoms with van der Waals surface area (Å²) < 4.78 is 0. The van der Waals surface area contributed by atoms with E-state index in [-0.39, 0.29) is 0 Å². The van der Waals surface area contributed by atoms with Gasteiger partial charge in [0.1, 0.15) is 0 Å². The molecule has 3 aliphatic carbocycles. The molecule has 0 saturated heterocycles. The maximum Gasteiger partial charge on any atom is 0.309 e. The smallest absolute Gasteiger partial charge is 0.309 e. The van der Waals surface area contributed by atoms with Crippen LogP contribution in [0.4, 0.5) is 0 Å².